The standard InChI is InChI=1S/C21H22N2O/c1-14-18(20(24)23-21(2,3)4)16-12-8-9-13-17(16)22-19(14)15-10-6-5-7-11-15/h5-13H,1-4H3,(H,23,24). The van der Waals surface area contributed by atoms with E-state index < -0.39 is 0 Å². The average molecular weight is 318 g/mol. The zero-order valence-electron chi connectivity index (χ0n) is 14.6. The zero-order chi connectivity index (χ0) is 17.3. The summed E-state index contributed by atoms with van der Waals surface area (Å²) in [4.78, 5) is 17.7. The van der Waals surface area contributed by atoms with Gasteiger partial charge in [0, 0.05) is 16.5 Å². The first-order valence-electron chi connectivity index (χ1n) is 8.14. The number of carbonyl (C=O) groups is 1. The third-order valence-corrected chi connectivity index (χ3v) is 3.90. The van der Waals surface area contributed by atoms with Crippen LogP contribution in [0, 0.1) is 6.92 Å². The molecule has 0 atom stereocenters. The van der Waals surface area contributed by atoms with E-state index in [4.69, 9.17) is 4.98 Å². The van der Waals surface area contributed by atoms with Gasteiger partial charge in [-0.25, -0.2) is 4.98 Å². The Morgan fingerprint density at radius 3 is 2.25 bits per heavy atom. The molecule has 0 unspecified atom stereocenters. The maximum Gasteiger partial charge on any atom is 0.252 e. The second-order valence-electron chi connectivity index (χ2n) is 7.05. The maximum absolute atomic E-state index is 12.9. The van der Waals surface area contributed by atoms with Crippen LogP contribution in [0.25, 0.3) is 22.2 Å². The first-order chi connectivity index (χ1) is 11.4. The fourth-order valence-electron chi connectivity index (χ4n) is 2.88. The first kappa shape index (κ1) is 16.2. The van der Waals surface area contributed by atoms with Crippen molar-refractivity contribution in [1.82, 2.24) is 10.3 Å². The van der Waals surface area contributed by atoms with E-state index in [9.17, 15) is 4.79 Å². The van der Waals surface area contributed by atoms with E-state index in [1.807, 2.05) is 82.3 Å². The molecule has 0 bridgehead atoms. The van der Waals surface area contributed by atoms with Crippen LogP contribution in [-0.4, -0.2) is 16.4 Å². The van der Waals surface area contributed by atoms with Crippen LogP contribution in [0.4, 0.5) is 0 Å². The number of nitrogens with zero attached hydrogens (tertiary/aromatic N) is 1. The van der Waals surface area contributed by atoms with Gasteiger partial charge in [0.25, 0.3) is 5.91 Å². The summed E-state index contributed by atoms with van der Waals surface area (Å²) in [5.41, 5.74) is 4.02. The number of nitrogens with one attached hydrogen (secondary N) is 1. The van der Waals surface area contributed by atoms with Crippen LogP contribution < -0.4 is 5.32 Å². The van der Waals surface area contributed by atoms with Crippen molar-refractivity contribution in [3.63, 3.8) is 0 Å². The second-order valence-corrected chi connectivity index (χ2v) is 7.05. The molecule has 24 heavy (non-hydrogen) atoms. The second kappa shape index (κ2) is 6.08. The minimum Gasteiger partial charge on any atom is -0.347 e. The molecule has 2 aromatic carbocycles. The molecule has 0 aliphatic rings. The van der Waals surface area contributed by atoms with Gasteiger partial charge in [-0.2, -0.15) is 0 Å². The summed E-state index contributed by atoms with van der Waals surface area (Å²) in [6.07, 6.45) is 0. The topological polar surface area (TPSA) is 42.0 Å². The Hall–Kier alpha value is -2.68. The van der Waals surface area contributed by atoms with E-state index in [2.05, 4.69) is 5.32 Å². The van der Waals surface area contributed by atoms with Crippen molar-refractivity contribution in [2.75, 3.05) is 0 Å². The third-order valence-electron chi connectivity index (χ3n) is 3.90. The number of fused-ring (bicyclic) bond motifs is 1. The van der Waals surface area contributed by atoms with E-state index in [1.165, 1.54) is 0 Å². The molecule has 0 spiro atoms. The number of rotatable bonds is 2. The molecule has 0 aliphatic heterocycles. The fourth-order valence-corrected chi connectivity index (χ4v) is 2.88. The molecule has 1 heterocycles. The minimum absolute atomic E-state index is 0.0595. The van der Waals surface area contributed by atoms with Crippen molar-refractivity contribution in [2.45, 2.75) is 33.2 Å². The van der Waals surface area contributed by atoms with Crippen LogP contribution in [-0.2, 0) is 0 Å². The van der Waals surface area contributed by atoms with Crippen LogP contribution in [0.3, 0.4) is 0 Å². The van der Waals surface area contributed by atoms with Crippen LogP contribution in [0.2, 0.25) is 0 Å². The van der Waals surface area contributed by atoms with Gasteiger partial charge in [0.15, 0.2) is 0 Å². The van der Waals surface area contributed by atoms with Crippen molar-refractivity contribution in [3.05, 3.63) is 65.7 Å². The molecular weight excluding hydrogens is 296 g/mol. The number of aromatic nitrogens is 1. The van der Waals surface area contributed by atoms with Crippen molar-refractivity contribution in [1.29, 1.82) is 0 Å². The van der Waals surface area contributed by atoms with Gasteiger partial charge < -0.3 is 5.32 Å². The molecule has 3 rings (SSSR count). The molecule has 1 amide bonds. The Morgan fingerprint density at radius 2 is 1.58 bits per heavy atom. The average Bonchev–Trinajstić information content (AvgIpc) is 2.53. The highest BCUT2D eigenvalue weighted by atomic mass is 16.1. The third kappa shape index (κ3) is 3.16. The van der Waals surface area contributed by atoms with E-state index in [0.29, 0.717) is 5.56 Å². The monoisotopic (exact) mass is 318 g/mol. The number of benzene rings is 2. The number of pyridine rings is 1. The summed E-state index contributed by atoms with van der Waals surface area (Å²) in [6.45, 7) is 7.94. The Labute approximate surface area is 142 Å². The molecule has 1 N–H and O–H groups in total. The molecule has 0 saturated carbocycles. The smallest absolute Gasteiger partial charge is 0.252 e. The highest BCUT2D eigenvalue weighted by Gasteiger charge is 2.22. The van der Waals surface area contributed by atoms with E-state index in [0.717, 1.165) is 27.7 Å². The number of hydrogen-bond donors (Lipinski definition) is 1. The quantitative estimate of drug-likeness (QED) is 0.741. The number of amides is 1. The van der Waals surface area contributed by atoms with Gasteiger partial charge in [0.1, 0.15) is 0 Å². The molecule has 3 heteroatoms. The van der Waals surface area contributed by atoms with Crippen LogP contribution >= 0.6 is 0 Å². The summed E-state index contributed by atoms with van der Waals surface area (Å²) < 4.78 is 0. The lowest BCUT2D eigenvalue weighted by Crippen LogP contribution is -2.41. The van der Waals surface area contributed by atoms with E-state index in [1.54, 1.807) is 0 Å². The highest BCUT2D eigenvalue weighted by Crippen LogP contribution is 2.29. The van der Waals surface area contributed by atoms with E-state index in [-0.39, 0.29) is 11.4 Å². The van der Waals surface area contributed by atoms with Crippen molar-refractivity contribution in [2.24, 2.45) is 0 Å². The van der Waals surface area contributed by atoms with Gasteiger partial charge in [-0.15, -0.1) is 0 Å². The summed E-state index contributed by atoms with van der Waals surface area (Å²) in [5.74, 6) is -0.0595. The fraction of sp³-hybridized carbons (Fsp3) is 0.238. The minimum atomic E-state index is -0.291. The predicted molar refractivity (Wildman–Crippen MR) is 99.1 cm³/mol. The summed E-state index contributed by atoms with van der Waals surface area (Å²) >= 11 is 0. The lowest BCUT2D eigenvalue weighted by atomic mass is 9.96. The SMILES string of the molecule is Cc1c(-c2ccccc2)nc2ccccc2c1C(=O)NC(C)(C)C. The van der Waals surface area contributed by atoms with Gasteiger partial charge in [-0.3, -0.25) is 4.79 Å². The van der Waals surface area contributed by atoms with Gasteiger partial charge in [-0.05, 0) is 39.3 Å². The Balaban J connectivity index is 2.26. The molecule has 0 fully saturated rings. The molecule has 0 saturated heterocycles. The zero-order valence-corrected chi connectivity index (χ0v) is 14.6. The summed E-state index contributed by atoms with van der Waals surface area (Å²) in [6, 6.07) is 17.8. The van der Waals surface area contributed by atoms with Crippen LogP contribution in [0.5, 0.6) is 0 Å². The summed E-state index contributed by atoms with van der Waals surface area (Å²) in [5, 5.41) is 3.97. The Bertz CT molecular complexity index is 893. The Morgan fingerprint density at radius 1 is 0.958 bits per heavy atom. The van der Waals surface area contributed by atoms with Crippen molar-refractivity contribution in [3.8, 4) is 11.3 Å². The number of para-hydroxylation sites is 1. The number of hydrogen-bond acceptors (Lipinski definition) is 2. The van der Waals surface area contributed by atoms with Gasteiger partial charge in [0.05, 0.1) is 16.8 Å². The lowest BCUT2D eigenvalue weighted by Gasteiger charge is -2.22. The normalized spacial score (nSPS) is 11.5. The van der Waals surface area contributed by atoms with E-state index >= 15 is 0 Å². The first-order valence-corrected chi connectivity index (χ1v) is 8.14. The molecule has 122 valence electrons. The van der Waals surface area contributed by atoms with Crippen LogP contribution in [0.15, 0.2) is 54.6 Å². The van der Waals surface area contributed by atoms with Crippen molar-refractivity contribution >= 4 is 16.8 Å². The molecule has 3 aromatic rings. The summed E-state index contributed by atoms with van der Waals surface area (Å²) in [7, 11) is 0. The number of carbonyl (C=O) groups excluding carboxylic acids is 1. The van der Waals surface area contributed by atoms with Gasteiger partial charge in [0.2, 0.25) is 0 Å². The largest absolute Gasteiger partial charge is 0.347 e. The van der Waals surface area contributed by atoms with Crippen LogP contribution in [0.1, 0.15) is 36.7 Å². The van der Waals surface area contributed by atoms with Crippen molar-refractivity contribution < 1.29 is 4.79 Å². The van der Waals surface area contributed by atoms with Gasteiger partial charge in [-0.1, -0.05) is 48.5 Å². The molecule has 0 radical (unpaired) electrons. The predicted octanol–water partition coefficient (Wildman–Crippen LogP) is 4.74. The van der Waals surface area contributed by atoms with Gasteiger partial charge >= 0.3 is 0 Å². The lowest BCUT2D eigenvalue weighted by molar-refractivity contribution is 0.0920. The Kier molecular flexibility index (Phi) is 4.10. The molecule has 0 aliphatic carbocycles. The molecular formula is C21H22N2O. The maximum atomic E-state index is 12.9. The molecule has 3 nitrogen and oxygen atoms in total. The highest BCUT2D eigenvalue weighted by molar-refractivity contribution is 6.09. The molecule has 1 aromatic heterocycles.